The van der Waals surface area contributed by atoms with E-state index in [1.54, 1.807) is 23.7 Å². The van der Waals surface area contributed by atoms with E-state index in [1.807, 2.05) is 16.6 Å². The first-order valence-electron chi connectivity index (χ1n) is 6.00. The molecule has 0 radical (unpaired) electrons. The zero-order valence-electron chi connectivity index (χ0n) is 10.5. The van der Waals surface area contributed by atoms with Crippen LogP contribution in [-0.4, -0.2) is 24.8 Å². The van der Waals surface area contributed by atoms with Gasteiger partial charge in [-0.15, -0.1) is 21.5 Å². The minimum absolute atomic E-state index is 0.805. The molecular formula is C13H9N5S2. The Labute approximate surface area is 122 Å². The van der Waals surface area contributed by atoms with Crippen LogP contribution in [0, 0.1) is 6.92 Å². The van der Waals surface area contributed by atoms with E-state index >= 15 is 0 Å². The second-order valence-electron chi connectivity index (χ2n) is 4.29. The molecule has 0 amide bonds. The first-order valence-corrected chi connectivity index (χ1v) is 7.69. The third-order valence-electron chi connectivity index (χ3n) is 2.98. The number of aryl methyl sites for hydroxylation is 1. The van der Waals surface area contributed by atoms with Gasteiger partial charge in [0.2, 0.25) is 4.96 Å². The Morgan fingerprint density at radius 2 is 1.95 bits per heavy atom. The topological polar surface area (TPSA) is 56.0 Å². The van der Waals surface area contributed by atoms with E-state index < -0.39 is 0 Å². The maximum Gasteiger partial charge on any atom is 0.235 e. The third-order valence-corrected chi connectivity index (χ3v) is 4.94. The molecule has 0 aliphatic heterocycles. The Morgan fingerprint density at radius 3 is 2.70 bits per heavy atom. The van der Waals surface area contributed by atoms with Crippen LogP contribution < -0.4 is 0 Å². The second kappa shape index (κ2) is 4.46. The van der Waals surface area contributed by atoms with Crippen molar-refractivity contribution in [2.75, 3.05) is 0 Å². The molecular weight excluding hydrogens is 290 g/mol. The van der Waals surface area contributed by atoms with Gasteiger partial charge in [-0.2, -0.15) is 9.61 Å². The predicted octanol–water partition coefficient (Wildman–Crippen LogP) is 3.28. The summed E-state index contributed by atoms with van der Waals surface area (Å²) in [5, 5.41) is 16.1. The summed E-state index contributed by atoms with van der Waals surface area (Å²) in [6.45, 7) is 2.07. The summed E-state index contributed by atoms with van der Waals surface area (Å²) in [4.78, 5) is 5.95. The molecule has 98 valence electrons. The highest BCUT2D eigenvalue weighted by Gasteiger charge is 2.16. The molecule has 0 N–H and O–H groups in total. The SMILES string of the molecule is Cc1ccsc1-c1nnc2sc(-c3ccncc3)nn12. The Bertz CT molecular complexity index is 875. The smallest absolute Gasteiger partial charge is 0.235 e. The molecule has 7 heteroatoms. The first-order chi connectivity index (χ1) is 9.83. The number of pyridine rings is 1. The van der Waals surface area contributed by atoms with Gasteiger partial charge in [0.25, 0.3) is 0 Å². The van der Waals surface area contributed by atoms with Crippen LogP contribution in [-0.2, 0) is 0 Å². The van der Waals surface area contributed by atoms with Crippen molar-refractivity contribution in [1.82, 2.24) is 24.8 Å². The van der Waals surface area contributed by atoms with Crippen LogP contribution in [0.15, 0.2) is 36.0 Å². The molecule has 0 unspecified atom stereocenters. The van der Waals surface area contributed by atoms with Crippen LogP contribution in [0.5, 0.6) is 0 Å². The largest absolute Gasteiger partial charge is 0.265 e. The zero-order chi connectivity index (χ0) is 13.5. The average molecular weight is 299 g/mol. The molecule has 0 aliphatic carbocycles. The summed E-state index contributed by atoms with van der Waals surface area (Å²) in [5.41, 5.74) is 2.24. The number of hydrogen-bond acceptors (Lipinski definition) is 6. The molecule has 5 nitrogen and oxygen atoms in total. The van der Waals surface area contributed by atoms with Crippen molar-refractivity contribution in [2.24, 2.45) is 0 Å². The van der Waals surface area contributed by atoms with E-state index in [2.05, 4.69) is 38.7 Å². The molecule has 4 rings (SSSR count). The third kappa shape index (κ3) is 1.75. The molecule has 20 heavy (non-hydrogen) atoms. The Morgan fingerprint density at radius 1 is 1.10 bits per heavy atom. The fourth-order valence-corrected chi connectivity index (χ4v) is 3.71. The van der Waals surface area contributed by atoms with Gasteiger partial charge < -0.3 is 0 Å². The van der Waals surface area contributed by atoms with Crippen molar-refractivity contribution in [1.29, 1.82) is 0 Å². The van der Waals surface area contributed by atoms with Gasteiger partial charge in [-0.25, -0.2) is 0 Å². The Kier molecular flexibility index (Phi) is 2.61. The van der Waals surface area contributed by atoms with Crippen molar-refractivity contribution in [3.05, 3.63) is 41.5 Å². The van der Waals surface area contributed by atoms with Crippen LogP contribution in [0.2, 0.25) is 0 Å². The Balaban J connectivity index is 1.90. The number of nitrogens with zero attached hydrogens (tertiary/aromatic N) is 5. The molecule has 0 saturated carbocycles. The monoisotopic (exact) mass is 299 g/mol. The van der Waals surface area contributed by atoms with E-state index in [1.165, 1.54) is 16.9 Å². The highest BCUT2D eigenvalue weighted by Crippen LogP contribution is 2.31. The summed E-state index contributed by atoms with van der Waals surface area (Å²) >= 11 is 3.19. The standard InChI is InChI=1S/C13H9N5S2/c1-8-4-7-19-10(8)11-15-16-13-18(11)17-12(20-13)9-2-5-14-6-3-9/h2-7H,1H3. The minimum Gasteiger partial charge on any atom is -0.265 e. The summed E-state index contributed by atoms with van der Waals surface area (Å²) in [5.74, 6) is 0.809. The lowest BCUT2D eigenvalue weighted by molar-refractivity contribution is 0.972. The van der Waals surface area contributed by atoms with Gasteiger partial charge in [0.05, 0.1) is 4.88 Å². The molecule has 4 aromatic heterocycles. The number of aromatic nitrogens is 5. The molecule has 0 bridgehead atoms. The lowest BCUT2D eigenvalue weighted by atomic mass is 10.3. The molecule has 0 aromatic carbocycles. The number of fused-ring (bicyclic) bond motifs is 1. The first kappa shape index (κ1) is 11.7. The zero-order valence-corrected chi connectivity index (χ0v) is 12.1. The van der Waals surface area contributed by atoms with Gasteiger partial charge in [-0.1, -0.05) is 11.3 Å². The lowest BCUT2D eigenvalue weighted by Gasteiger charge is -1.95. The van der Waals surface area contributed by atoms with Gasteiger partial charge in [-0.05, 0) is 36.1 Å². The summed E-state index contributed by atoms with van der Waals surface area (Å²) in [7, 11) is 0. The number of rotatable bonds is 2. The van der Waals surface area contributed by atoms with Gasteiger partial charge in [-0.3, -0.25) is 4.98 Å². The molecule has 4 heterocycles. The van der Waals surface area contributed by atoms with Crippen molar-refractivity contribution >= 4 is 27.6 Å². The van der Waals surface area contributed by atoms with Crippen LogP contribution in [0.1, 0.15) is 5.56 Å². The molecule has 4 aromatic rings. The molecule has 0 atom stereocenters. The highest BCUT2D eigenvalue weighted by atomic mass is 32.1. The minimum atomic E-state index is 0.805. The second-order valence-corrected chi connectivity index (χ2v) is 6.17. The molecule has 0 spiro atoms. The van der Waals surface area contributed by atoms with Crippen LogP contribution in [0.3, 0.4) is 0 Å². The van der Waals surface area contributed by atoms with E-state index in [-0.39, 0.29) is 0 Å². The van der Waals surface area contributed by atoms with Crippen molar-refractivity contribution < 1.29 is 0 Å². The van der Waals surface area contributed by atoms with Crippen molar-refractivity contribution in [3.63, 3.8) is 0 Å². The van der Waals surface area contributed by atoms with Crippen molar-refractivity contribution in [2.45, 2.75) is 6.92 Å². The van der Waals surface area contributed by atoms with Crippen molar-refractivity contribution in [3.8, 4) is 21.3 Å². The lowest BCUT2D eigenvalue weighted by Crippen LogP contribution is -1.90. The summed E-state index contributed by atoms with van der Waals surface area (Å²) in [6.07, 6.45) is 3.53. The van der Waals surface area contributed by atoms with Crippen LogP contribution in [0.25, 0.3) is 26.2 Å². The maximum absolute atomic E-state index is 4.63. The fourth-order valence-electron chi connectivity index (χ4n) is 1.97. The van der Waals surface area contributed by atoms with Gasteiger partial charge in [0.1, 0.15) is 5.01 Å². The number of hydrogen-bond donors (Lipinski definition) is 0. The maximum atomic E-state index is 4.63. The summed E-state index contributed by atoms with van der Waals surface area (Å²) in [6, 6.07) is 5.97. The van der Waals surface area contributed by atoms with E-state index in [4.69, 9.17) is 0 Å². The van der Waals surface area contributed by atoms with Gasteiger partial charge >= 0.3 is 0 Å². The normalized spacial score (nSPS) is 11.2. The fraction of sp³-hybridized carbons (Fsp3) is 0.0769. The van der Waals surface area contributed by atoms with Gasteiger partial charge in [0.15, 0.2) is 5.82 Å². The molecule has 0 saturated heterocycles. The van der Waals surface area contributed by atoms with Gasteiger partial charge in [0, 0.05) is 18.0 Å². The average Bonchev–Trinajstić information content (AvgIpc) is 3.15. The van der Waals surface area contributed by atoms with Crippen LogP contribution >= 0.6 is 22.7 Å². The van der Waals surface area contributed by atoms with Crippen LogP contribution in [0.4, 0.5) is 0 Å². The van der Waals surface area contributed by atoms with E-state index in [0.29, 0.717) is 0 Å². The Hall–Kier alpha value is -2.12. The quantitative estimate of drug-likeness (QED) is 0.570. The number of thiophene rings is 1. The predicted molar refractivity (Wildman–Crippen MR) is 79.9 cm³/mol. The molecule has 0 aliphatic rings. The molecule has 0 fully saturated rings. The van der Waals surface area contributed by atoms with E-state index in [0.717, 1.165) is 26.2 Å². The summed E-state index contributed by atoms with van der Waals surface area (Å²) < 4.78 is 1.82. The highest BCUT2D eigenvalue weighted by molar-refractivity contribution is 7.19. The van der Waals surface area contributed by atoms with E-state index in [9.17, 15) is 0 Å².